The second-order valence-electron chi connectivity index (χ2n) is 5.57. The molecule has 0 unspecified atom stereocenters. The number of hydrogen-bond donors (Lipinski definition) is 2. The number of H-pyrrole nitrogens is 1. The summed E-state index contributed by atoms with van der Waals surface area (Å²) in [5.41, 5.74) is 0.171. The van der Waals surface area contributed by atoms with E-state index in [1.54, 1.807) is 0 Å². The largest absolute Gasteiger partial charge is 0.350 e. The lowest BCUT2D eigenvalue weighted by Crippen LogP contribution is -2.44. The predicted octanol–water partition coefficient (Wildman–Crippen LogP) is 1.63. The van der Waals surface area contributed by atoms with Gasteiger partial charge in [0.1, 0.15) is 11.6 Å². The van der Waals surface area contributed by atoms with Crippen LogP contribution < -0.4 is 5.32 Å². The summed E-state index contributed by atoms with van der Waals surface area (Å²) in [7, 11) is 0. The van der Waals surface area contributed by atoms with E-state index in [0.717, 1.165) is 31.4 Å². The van der Waals surface area contributed by atoms with Crippen LogP contribution in [0.4, 0.5) is 8.78 Å². The maximum Gasteiger partial charge on any atom is 0.244 e. The third kappa shape index (κ3) is 3.97. The van der Waals surface area contributed by atoms with Crippen molar-refractivity contribution in [1.29, 1.82) is 0 Å². The number of carbonyl (C=O) groups excluding carboxylic acids is 1. The minimum absolute atomic E-state index is 0.0992. The molecule has 1 fully saturated rings. The first-order chi connectivity index (χ1) is 11.1. The van der Waals surface area contributed by atoms with Crippen molar-refractivity contribution in [2.24, 2.45) is 5.92 Å². The smallest absolute Gasteiger partial charge is 0.244 e. The number of benzene rings is 1. The fourth-order valence-electron chi connectivity index (χ4n) is 2.60. The topological polar surface area (TPSA) is 83.6 Å². The van der Waals surface area contributed by atoms with Crippen molar-refractivity contribution in [3.63, 3.8) is 0 Å². The number of aromatic amines is 1. The molecule has 1 heterocycles. The molecule has 0 aliphatic heterocycles. The lowest BCUT2D eigenvalue weighted by atomic mass is 9.78. The number of carbonyl (C=O) groups is 1. The van der Waals surface area contributed by atoms with Gasteiger partial charge >= 0.3 is 0 Å². The van der Waals surface area contributed by atoms with Crippen molar-refractivity contribution in [1.82, 2.24) is 25.9 Å². The molecule has 3 rings (SSSR count). The highest BCUT2D eigenvalue weighted by molar-refractivity contribution is 5.92. The van der Waals surface area contributed by atoms with Crippen LogP contribution in [0.25, 0.3) is 6.08 Å². The standard InChI is InChI=1S/C15H15F2N5O/c16-11-3-1-10(13(17)8-11)2-4-15(23)18-12-5-9(6-12)7-14-19-21-22-20-14/h1-4,8-9,12H,5-7H2,(H,18,23)(H,19,20,21,22)/b4-2+. The van der Waals surface area contributed by atoms with Crippen molar-refractivity contribution >= 4 is 12.0 Å². The fraction of sp³-hybridized carbons (Fsp3) is 0.333. The van der Waals surface area contributed by atoms with Gasteiger partial charge in [-0.2, -0.15) is 5.21 Å². The summed E-state index contributed by atoms with van der Waals surface area (Å²) in [4.78, 5) is 11.8. The third-order valence-electron chi connectivity index (χ3n) is 3.82. The number of nitrogens with zero attached hydrogens (tertiary/aromatic N) is 3. The van der Waals surface area contributed by atoms with Crippen LogP contribution in [0.5, 0.6) is 0 Å². The summed E-state index contributed by atoms with van der Waals surface area (Å²) >= 11 is 0. The molecule has 1 aromatic carbocycles. The third-order valence-corrected chi connectivity index (χ3v) is 3.82. The maximum absolute atomic E-state index is 13.4. The average molecular weight is 319 g/mol. The van der Waals surface area contributed by atoms with Crippen LogP contribution in [0.3, 0.4) is 0 Å². The highest BCUT2D eigenvalue weighted by Gasteiger charge is 2.30. The Bertz CT molecular complexity index is 711. The Kier molecular flexibility index (Phi) is 4.40. The average Bonchev–Trinajstić information content (AvgIpc) is 2.97. The van der Waals surface area contributed by atoms with Gasteiger partial charge < -0.3 is 5.32 Å². The van der Waals surface area contributed by atoms with E-state index in [4.69, 9.17) is 0 Å². The van der Waals surface area contributed by atoms with Gasteiger partial charge in [-0.15, -0.1) is 10.2 Å². The molecule has 1 aliphatic rings. The lowest BCUT2D eigenvalue weighted by molar-refractivity contribution is -0.117. The highest BCUT2D eigenvalue weighted by Crippen LogP contribution is 2.29. The Labute approximate surface area is 131 Å². The van der Waals surface area contributed by atoms with Gasteiger partial charge in [0, 0.05) is 30.2 Å². The maximum atomic E-state index is 13.4. The molecule has 1 aliphatic carbocycles. The monoisotopic (exact) mass is 319 g/mol. The Hall–Kier alpha value is -2.64. The van der Waals surface area contributed by atoms with Crippen molar-refractivity contribution in [3.05, 3.63) is 47.3 Å². The Morgan fingerprint density at radius 1 is 1.39 bits per heavy atom. The molecule has 0 spiro atoms. The van der Waals surface area contributed by atoms with Gasteiger partial charge in [-0.25, -0.2) is 8.78 Å². The first-order valence-electron chi connectivity index (χ1n) is 7.26. The zero-order valence-electron chi connectivity index (χ0n) is 12.2. The first-order valence-corrected chi connectivity index (χ1v) is 7.26. The molecule has 1 saturated carbocycles. The van der Waals surface area contributed by atoms with Crippen molar-refractivity contribution in [2.45, 2.75) is 25.3 Å². The van der Waals surface area contributed by atoms with Crippen molar-refractivity contribution < 1.29 is 13.6 Å². The summed E-state index contributed by atoms with van der Waals surface area (Å²) < 4.78 is 26.2. The summed E-state index contributed by atoms with van der Waals surface area (Å²) in [5.74, 6) is -0.538. The van der Waals surface area contributed by atoms with Gasteiger partial charge in [0.2, 0.25) is 5.91 Å². The van der Waals surface area contributed by atoms with Crippen LogP contribution in [-0.4, -0.2) is 32.6 Å². The summed E-state index contributed by atoms with van der Waals surface area (Å²) in [5, 5.41) is 16.5. The fourth-order valence-corrected chi connectivity index (χ4v) is 2.60. The van der Waals surface area contributed by atoms with Crippen LogP contribution in [-0.2, 0) is 11.2 Å². The van der Waals surface area contributed by atoms with E-state index in [-0.39, 0.29) is 17.5 Å². The second-order valence-corrected chi connectivity index (χ2v) is 5.57. The van der Waals surface area contributed by atoms with Crippen LogP contribution in [0.1, 0.15) is 24.2 Å². The van der Waals surface area contributed by atoms with E-state index in [0.29, 0.717) is 11.7 Å². The Balaban J connectivity index is 1.44. The van der Waals surface area contributed by atoms with Gasteiger partial charge in [-0.1, -0.05) is 5.21 Å². The minimum Gasteiger partial charge on any atom is -0.350 e. The van der Waals surface area contributed by atoms with Crippen LogP contribution in [0.2, 0.25) is 0 Å². The van der Waals surface area contributed by atoms with Crippen LogP contribution >= 0.6 is 0 Å². The van der Waals surface area contributed by atoms with E-state index < -0.39 is 11.6 Å². The van der Waals surface area contributed by atoms with Gasteiger partial charge in [0.15, 0.2) is 5.82 Å². The van der Waals surface area contributed by atoms with Crippen molar-refractivity contribution in [3.8, 4) is 0 Å². The lowest BCUT2D eigenvalue weighted by Gasteiger charge is -2.34. The number of halogens is 2. The number of aromatic nitrogens is 4. The highest BCUT2D eigenvalue weighted by atomic mass is 19.1. The summed E-state index contributed by atoms with van der Waals surface area (Å²) in [6.45, 7) is 0. The van der Waals surface area contributed by atoms with E-state index in [1.807, 2.05) is 0 Å². The summed E-state index contributed by atoms with van der Waals surface area (Å²) in [6, 6.07) is 3.32. The molecule has 0 saturated heterocycles. The number of nitrogens with one attached hydrogen (secondary N) is 2. The molecular weight excluding hydrogens is 304 g/mol. The normalized spacial score (nSPS) is 20.4. The molecule has 0 bridgehead atoms. The van der Waals surface area contributed by atoms with E-state index in [2.05, 4.69) is 25.9 Å². The second kappa shape index (κ2) is 6.64. The molecule has 0 atom stereocenters. The van der Waals surface area contributed by atoms with E-state index in [9.17, 15) is 13.6 Å². The number of amides is 1. The van der Waals surface area contributed by atoms with Crippen LogP contribution in [0.15, 0.2) is 24.3 Å². The minimum atomic E-state index is -0.696. The molecule has 1 aromatic heterocycles. The molecule has 0 radical (unpaired) electrons. The molecule has 23 heavy (non-hydrogen) atoms. The number of rotatable bonds is 5. The Morgan fingerprint density at radius 3 is 2.91 bits per heavy atom. The quantitative estimate of drug-likeness (QED) is 0.821. The molecule has 2 aromatic rings. The molecule has 8 heteroatoms. The van der Waals surface area contributed by atoms with Gasteiger partial charge in [-0.05, 0) is 37.0 Å². The van der Waals surface area contributed by atoms with Gasteiger partial charge in [-0.3, -0.25) is 4.79 Å². The van der Waals surface area contributed by atoms with Crippen molar-refractivity contribution in [2.75, 3.05) is 0 Å². The SMILES string of the molecule is O=C(/C=C/c1ccc(F)cc1F)NC1CC(Cc2nn[nH]n2)C1. The van der Waals surface area contributed by atoms with E-state index in [1.165, 1.54) is 18.2 Å². The zero-order chi connectivity index (χ0) is 16.2. The van der Waals surface area contributed by atoms with Crippen LogP contribution in [0, 0.1) is 17.6 Å². The molecule has 120 valence electrons. The molecular formula is C15H15F2N5O. The first kappa shape index (κ1) is 15.3. The van der Waals surface area contributed by atoms with E-state index >= 15 is 0 Å². The molecule has 2 N–H and O–H groups in total. The summed E-state index contributed by atoms with van der Waals surface area (Å²) in [6.07, 6.45) is 5.01. The van der Waals surface area contributed by atoms with Gasteiger partial charge in [0.05, 0.1) is 0 Å². The number of hydrogen-bond acceptors (Lipinski definition) is 4. The zero-order valence-corrected chi connectivity index (χ0v) is 12.2. The Morgan fingerprint density at radius 2 is 2.22 bits per heavy atom. The number of tetrazole rings is 1. The van der Waals surface area contributed by atoms with Gasteiger partial charge in [0.25, 0.3) is 0 Å². The predicted molar refractivity (Wildman–Crippen MR) is 77.9 cm³/mol. The molecule has 6 nitrogen and oxygen atoms in total. The molecule has 1 amide bonds.